The van der Waals surface area contributed by atoms with E-state index in [9.17, 15) is 18.5 Å². The summed E-state index contributed by atoms with van der Waals surface area (Å²) in [5.41, 5.74) is 0.684. The van der Waals surface area contributed by atoms with Gasteiger partial charge in [-0.1, -0.05) is 18.2 Å². The number of sulfonamides is 1. The molecule has 8 nitrogen and oxygen atoms in total. The minimum atomic E-state index is -3.59. The largest absolute Gasteiger partial charge is 0.366 e. The van der Waals surface area contributed by atoms with Crippen molar-refractivity contribution in [2.75, 3.05) is 18.0 Å². The summed E-state index contributed by atoms with van der Waals surface area (Å²) in [4.78, 5) is 12.8. The maximum Gasteiger partial charge on any atom is 0.292 e. The second-order valence-corrected chi connectivity index (χ2v) is 7.98. The summed E-state index contributed by atoms with van der Waals surface area (Å²) >= 11 is 0. The summed E-state index contributed by atoms with van der Waals surface area (Å²) in [5.74, 6) is 0. The molecule has 1 aliphatic rings. The average Bonchev–Trinajstić information content (AvgIpc) is 2.68. The number of nitrogens with zero attached hydrogens (tertiary/aromatic N) is 3. The van der Waals surface area contributed by atoms with Gasteiger partial charge in [-0.25, -0.2) is 13.1 Å². The molecule has 0 bridgehead atoms. The molecule has 0 atom stereocenters. The molecule has 1 saturated heterocycles. The van der Waals surface area contributed by atoms with Crippen LogP contribution in [0.25, 0.3) is 0 Å². The van der Waals surface area contributed by atoms with Crippen LogP contribution in [-0.4, -0.2) is 32.5 Å². The second kappa shape index (κ2) is 7.73. The van der Waals surface area contributed by atoms with Crippen LogP contribution in [0.15, 0.2) is 53.4 Å². The highest BCUT2D eigenvalue weighted by Crippen LogP contribution is 2.31. The average molecular weight is 386 g/mol. The summed E-state index contributed by atoms with van der Waals surface area (Å²) in [6.07, 6.45) is 1.03. The van der Waals surface area contributed by atoms with E-state index in [1.165, 1.54) is 30.3 Å². The van der Waals surface area contributed by atoms with E-state index in [4.69, 9.17) is 5.26 Å². The van der Waals surface area contributed by atoms with Crippen LogP contribution < -0.4 is 9.62 Å². The van der Waals surface area contributed by atoms with Crippen molar-refractivity contribution in [3.8, 4) is 6.07 Å². The predicted octanol–water partition coefficient (Wildman–Crippen LogP) is 2.41. The van der Waals surface area contributed by atoms with E-state index in [1.54, 1.807) is 18.2 Å². The summed E-state index contributed by atoms with van der Waals surface area (Å²) in [7, 11) is -3.59. The normalized spacial score (nSPS) is 15.3. The summed E-state index contributed by atoms with van der Waals surface area (Å²) < 4.78 is 27.6. The Morgan fingerprint density at radius 3 is 2.41 bits per heavy atom. The Balaban J connectivity index is 1.71. The third-order valence-electron chi connectivity index (χ3n) is 4.51. The highest BCUT2D eigenvalue weighted by molar-refractivity contribution is 7.89. The summed E-state index contributed by atoms with van der Waals surface area (Å²) in [6.45, 7) is 0.912. The first kappa shape index (κ1) is 18.8. The third kappa shape index (κ3) is 4.24. The van der Waals surface area contributed by atoms with E-state index in [0.717, 1.165) is 0 Å². The first-order valence-electron chi connectivity index (χ1n) is 8.41. The smallest absolute Gasteiger partial charge is 0.292 e. The number of nitrogens with one attached hydrogen (secondary N) is 1. The first-order chi connectivity index (χ1) is 12.9. The van der Waals surface area contributed by atoms with E-state index < -0.39 is 14.9 Å². The van der Waals surface area contributed by atoms with Gasteiger partial charge in [0.25, 0.3) is 5.69 Å². The zero-order valence-electron chi connectivity index (χ0n) is 14.4. The third-order valence-corrected chi connectivity index (χ3v) is 6.05. The molecule has 140 valence electrons. The zero-order valence-corrected chi connectivity index (χ0v) is 15.2. The molecule has 1 N–H and O–H groups in total. The van der Waals surface area contributed by atoms with Crippen LogP contribution in [0, 0.1) is 21.4 Å². The SMILES string of the molecule is N#Cc1ccc([N+](=O)[O-])c(N2CCC(NS(=O)(=O)c3ccccc3)CC2)c1. The minimum Gasteiger partial charge on any atom is -0.366 e. The van der Waals surface area contributed by atoms with Crippen molar-refractivity contribution in [1.82, 2.24) is 4.72 Å². The van der Waals surface area contributed by atoms with Crippen molar-refractivity contribution in [3.05, 3.63) is 64.2 Å². The Morgan fingerprint density at radius 1 is 1.15 bits per heavy atom. The van der Waals surface area contributed by atoms with Crippen molar-refractivity contribution in [2.24, 2.45) is 0 Å². The lowest BCUT2D eigenvalue weighted by Gasteiger charge is -2.33. The van der Waals surface area contributed by atoms with Crippen molar-refractivity contribution >= 4 is 21.4 Å². The maximum atomic E-state index is 12.4. The molecule has 0 saturated carbocycles. The molecule has 2 aromatic carbocycles. The van der Waals surface area contributed by atoms with E-state index in [2.05, 4.69) is 4.72 Å². The van der Waals surface area contributed by atoms with Crippen LogP contribution in [0.1, 0.15) is 18.4 Å². The van der Waals surface area contributed by atoms with Gasteiger partial charge in [0.05, 0.1) is 21.5 Å². The molecule has 27 heavy (non-hydrogen) atoms. The predicted molar refractivity (Wildman–Crippen MR) is 99.8 cm³/mol. The molecular formula is C18H18N4O4S. The van der Waals surface area contributed by atoms with Crippen LogP contribution in [0.2, 0.25) is 0 Å². The van der Waals surface area contributed by atoms with Gasteiger partial charge in [0.2, 0.25) is 10.0 Å². The number of piperidine rings is 1. The van der Waals surface area contributed by atoms with Crippen LogP contribution >= 0.6 is 0 Å². The van der Waals surface area contributed by atoms with Gasteiger partial charge in [0.1, 0.15) is 5.69 Å². The van der Waals surface area contributed by atoms with Crippen LogP contribution in [-0.2, 0) is 10.0 Å². The molecule has 9 heteroatoms. The maximum absolute atomic E-state index is 12.4. The molecule has 1 fully saturated rings. The van der Waals surface area contributed by atoms with Crippen molar-refractivity contribution in [2.45, 2.75) is 23.8 Å². The fourth-order valence-corrected chi connectivity index (χ4v) is 4.45. The lowest BCUT2D eigenvalue weighted by atomic mass is 10.0. The molecular weight excluding hydrogens is 368 g/mol. The Kier molecular flexibility index (Phi) is 5.39. The molecule has 0 aromatic heterocycles. The van der Waals surface area contributed by atoms with Crippen molar-refractivity contribution in [3.63, 3.8) is 0 Å². The number of benzene rings is 2. The van der Waals surface area contributed by atoms with E-state index in [1.807, 2.05) is 11.0 Å². The Bertz CT molecular complexity index is 978. The summed E-state index contributed by atoms with van der Waals surface area (Å²) in [5, 5.41) is 20.3. The molecule has 2 aromatic rings. The minimum absolute atomic E-state index is 0.0580. The quantitative estimate of drug-likeness (QED) is 0.623. The second-order valence-electron chi connectivity index (χ2n) is 6.27. The van der Waals surface area contributed by atoms with Crippen molar-refractivity contribution in [1.29, 1.82) is 5.26 Å². The summed E-state index contributed by atoms with van der Waals surface area (Å²) in [6, 6.07) is 14.2. The van der Waals surface area contributed by atoms with Crippen LogP contribution in [0.3, 0.4) is 0 Å². The van der Waals surface area contributed by atoms with E-state index in [0.29, 0.717) is 37.2 Å². The van der Waals surface area contributed by atoms with Crippen LogP contribution in [0.5, 0.6) is 0 Å². The molecule has 0 amide bonds. The molecule has 0 spiro atoms. The number of anilines is 1. The molecule has 1 aliphatic heterocycles. The number of hydrogen-bond donors (Lipinski definition) is 1. The number of nitriles is 1. The van der Waals surface area contributed by atoms with E-state index in [-0.39, 0.29) is 16.6 Å². The van der Waals surface area contributed by atoms with Gasteiger partial charge < -0.3 is 4.90 Å². The monoisotopic (exact) mass is 386 g/mol. The molecule has 3 rings (SSSR count). The van der Waals surface area contributed by atoms with Crippen molar-refractivity contribution < 1.29 is 13.3 Å². The lowest BCUT2D eigenvalue weighted by molar-refractivity contribution is -0.384. The highest BCUT2D eigenvalue weighted by Gasteiger charge is 2.27. The van der Waals surface area contributed by atoms with Gasteiger partial charge >= 0.3 is 0 Å². The fourth-order valence-electron chi connectivity index (χ4n) is 3.13. The Morgan fingerprint density at radius 2 is 1.81 bits per heavy atom. The van der Waals surface area contributed by atoms with Gasteiger partial charge in [-0.15, -0.1) is 0 Å². The molecule has 0 radical (unpaired) electrons. The zero-order chi connectivity index (χ0) is 19.4. The Hall–Kier alpha value is -2.96. The number of rotatable bonds is 5. The molecule has 1 heterocycles. The Labute approximate surface area is 157 Å². The lowest BCUT2D eigenvalue weighted by Crippen LogP contribution is -2.44. The fraction of sp³-hybridized carbons (Fsp3) is 0.278. The topological polar surface area (TPSA) is 116 Å². The van der Waals surface area contributed by atoms with Gasteiger partial charge in [-0.2, -0.15) is 5.26 Å². The number of nitro groups is 1. The van der Waals surface area contributed by atoms with Gasteiger partial charge in [-0.05, 0) is 37.1 Å². The van der Waals surface area contributed by atoms with Gasteiger partial charge in [0.15, 0.2) is 0 Å². The van der Waals surface area contributed by atoms with Crippen LogP contribution in [0.4, 0.5) is 11.4 Å². The number of nitro benzene ring substituents is 1. The molecule has 0 unspecified atom stereocenters. The first-order valence-corrected chi connectivity index (χ1v) is 9.90. The highest BCUT2D eigenvalue weighted by atomic mass is 32.2. The van der Waals surface area contributed by atoms with Gasteiger partial charge in [0, 0.05) is 25.2 Å². The number of hydrogen-bond acceptors (Lipinski definition) is 6. The van der Waals surface area contributed by atoms with Gasteiger partial charge in [-0.3, -0.25) is 10.1 Å². The standard InChI is InChI=1S/C18H18N4O4S/c19-13-14-6-7-17(22(23)24)18(12-14)21-10-8-15(9-11-21)20-27(25,26)16-4-2-1-3-5-16/h1-7,12,15,20H,8-11H2. The molecule has 0 aliphatic carbocycles. The van der Waals surface area contributed by atoms with E-state index >= 15 is 0 Å².